The molecule has 1 aromatic carbocycles. The zero-order chi connectivity index (χ0) is 13.2. The maximum absolute atomic E-state index is 11.0. The van der Waals surface area contributed by atoms with Crippen LogP contribution in [0.1, 0.15) is 24.8 Å². The summed E-state index contributed by atoms with van der Waals surface area (Å²) in [5, 5.41) is 19.7. The van der Waals surface area contributed by atoms with Gasteiger partial charge >= 0.3 is 5.69 Å². The molecule has 0 amide bonds. The molecule has 1 aliphatic carbocycles. The zero-order valence-electron chi connectivity index (χ0n) is 10.2. The fourth-order valence-corrected chi connectivity index (χ4v) is 1.93. The minimum Gasteiger partial charge on any atom is -0.486 e. The number of aryl methyl sites for hydroxylation is 1. The standard InChI is InChI=1S/C13H14N2O3/c1-10-3-2-4-11(12(10)15(16)17)18-9-13(5-6-13)7-8-14/h2-4H,5-7,9H2,1H3. The molecule has 1 aliphatic rings. The number of nitro groups is 1. The van der Waals surface area contributed by atoms with Gasteiger partial charge in [-0.15, -0.1) is 0 Å². The van der Waals surface area contributed by atoms with Crippen LogP contribution in [-0.2, 0) is 0 Å². The van der Waals surface area contributed by atoms with Crippen LogP contribution in [0.4, 0.5) is 5.69 Å². The maximum atomic E-state index is 11.0. The number of nitro benzene ring substituents is 1. The van der Waals surface area contributed by atoms with Gasteiger partial charge in [0.05, 0.1) is 17.6 Å². The molecule has 0 aromatic heterocycles. The normalized spacial score (nSPS) is 15.8. The Morgan fingerprint density at radius 3 is 2.83 bits per heavy atom. The highest BCUT2D eigenvalue weighted by atomic mass is 16.6. The minimum absolute atomic E-state index is 0.0188. The molecule has 1 fully saturated rings. The van der Waals surface area contributed by atoms with Gasteiger partial charge in [-0.2, -0.15) is 5.26 Å². The third-order valence-electron chi connectivity index (χ3n) is 3.33. The number of hydrogen-bond acceptors (Lipinski definition) is 4. The highest BCUT2D eigenvalue weighted by Gasteiger charge is 2.43. The van der Waals surface area contributed by atoms with E-state index >= 15 is 0 Å². The Labute approximate surface area is 105 Å². The van der Waals surface area contributed by atoms with Gasteiger partial charge in [-0.3, -0.25) is 10.1 Å². The van der Waals surface area contributed by atoms with Crippen LogP contribution in [-0.4, -0.2) is 11.5 Å². The summed E-state index contributed by atoms with van der Waals surface area (Å²) in [6, 6.07) is 7.17. The van der Waals surface area contributed by atoms with Crippen LogP contribution in [0.25, 0.3) is 0 Å². The molecule has 1 aromatic rings. The van der Waals surface area contributed by atoms with Crippen molar-refractivity contribution in [3.05, 3.63) is 33.9 Å². The number of benzene rings is 1. The third kappa shape index (κ3) is 2.43. The summed E-state index contributed by atoms with van der Waals surface area (Å²) >= 11 is 0. The summed E-state index contributed by atoms with van der Waals surface area (Å²) in [6.07, 6.45) is 2.37. The average molecular weight is 246 g/mol. The average Bonchev–Trinajstić information content (AvgIpc) is 3.07. The van der Waals surface area contributed by atoms with Gasteiger partial charge < -0.3 is 4.74 Å². The molecule has 0 saturated heterocycles. The van der Waals surface area contributed by atoms with E-state index in [9.17, 15) is 10.1 Å². The Hall–Kier alpha value is -2.09. The van der Waals surface area contributed by atoms with Gasteiger partial charge in [0.2, 0.25) is 0 Å². The van der Waals surface area contributed by atoms with E-state index in [0.717, 1.165) is 12.8 Å². The van der Waals surface area contributed by atoms with Crippen LogP contribution in [0.5, 0.6) is 5.75 Å². The van der Waals surface area contributed by atoms with Crippen LogP contribution < -0.4 is 4.74 Å². The van der Waals surface area contributed by atoms with Gasteiger partial charge in [0.25, 0.3) is 0 Å². The Kier molecular flexibility index (Phi) is 3.19. The lowest BCUT2D eigenvalue weighted by Crippen LogP contribution is -2.13. The first-order valence-electron chi connectivity index (χ1n) is 5.82. The Bertz CT molecular complexity index is 515. The Morgan fingerprint density at radius 1 is 1.56 bits per heavy atom. The van der Waals surface area contributed by atoms with Crippen molar-refractivity contribution in [3.63, 3.8) is 0 Å². The Balaban J connectivity index is 2.13. The summed E-state index contributed by atoms with van der Waals surface area (Å²) < 4.78 is 5.57. The molecule has 5 nitrogen and oxygen atoms in total. The largest absolute Gasteiger partial charge is 0.486 e. The second-order valence-corrected chi connectivity index (χ2v) is 4.80. The summed E-state index contributed by atoms with van der Waals surface area (Å²) in [5.74, 6) is 0.296. The fourth-order valence-electron chi connectivity index (χ4n) is 1.93. The van der Waals surface area contributed by atoms with E-state index in [1.165, 1.54) is 0 Å². The summed E-state index contributed by atoms with van der Waals surface area (Å²) in [7, 11) is 0. The minimum atomic E-state index is -0.422. The lowest BCUT2D eigenvalue weighted by Gasteiger charge is -2.13. The van der Waals surface area contributed by atoms with Crippen molar-refractivity contribution < 1.29 is 9.66 Å². The Morgan fingerprint density at radius 2 is 2.28 bits per heavy atom. The molecule has 0 bridgehead atoms. The van der Waals surface area contributed by atoms with E-state index in [-0.39, 0.29) is 11.1 Å². The summed E-state index contributed by atoms with van der Waals surface area (Å²) in [6.45, 7) is 2.07. The van der Waals surface area contributed by atoms with Gasteiger partial charge in [0.15, 0.2) is 5.75 Å². The highest BCUT2D eigenvalue weighted by Crippen LogP contribution is 2.49. The first-order valence-corrected chi connectivity index (χ1v) is 5.82. The summed E-state index contributed by atoms with van der Waals surface area (Å²) in [4.78, 5) is 10.6. The van der Waals surface area contributed by atoms with Crippen molar-refractivity contribution >= 4 is 5.69 Å². The molecule has 2 rings (SSSR count). The van der Waals surface area contributed by atoms with Crippen molar-refractivity contribution in [2.24, 2.45) is 5.41 Å². The molecule has 0 N–H and O–H groups in total. The van der Waals surface area contributed by atoms with Crippen molar-refractivity contribution in [2.75, 3.05) is 6.61 Å². The molecule has 0 spiro atoms. The first kappa shape index (κ1) is 12.4. The monoisotopic (exact) mass is 246 g/mol. The fraction of sp³-hybridized carbons (Fsp3) is 0.462. The van der Waals surface area contributed by atoms with Crippen molar-refractivity contribution in [1.82, 2.24) is 0 Å². The van der Waals surface area contributed by atoms with Crippen LogP contribution in [0.3, 0.4) is 0 Å². The lowest BCUT2D eigenvalue weighted by molar-refractivity contribution is -0.386. The predicted octanol–water partition coefficient (Wildman–Crippen LogP) is 2.98. The number of nitriles is 1. The van der Waals surface area contributed by atoms with Crippen LogP contribution in [0, 0.1) is 33.8 Å². The van der Waals surface area contributed by atoms with E-state index in [1.54, 1.807) is 25.1 Å². The molecule has 0 atom stereocenters. The molecule has 0 radical (unpaired) electrons. The molecule has 1 saturated carbocycles. The van der Waals surface area contributed by atoms with Crippen molar-refractivity contribution in [1.29, 1.82) is 5.26 Å². The van der Waals surface area contributed by atoms with Gasteiger partial charge in [0, 0.05) is 17.4 Å². The molecular formula is C13H14N2O3. The molecule has 18 heavy (non-hydrogen) atoms. The SMILES string of the molecule is Cc1cccc(OCC2(CC#N)CC2)c1[N+](=O)[O-]. The summed E-state index contributed by atoms with van der Waals surface area (Å²) in [5.41, 5.74) is 0.528. The van der Waals surface area contributed by atoms with E-state index < -0.39 is 4.92 Å². The first-order chi connectivity index (χ1) is 8.58. The highest BCUT2D eigenvalue weighted by molar-refractivity contribution is 5.52. The smallest absolute Gasteiger partial charge is 0.313 e. The topological polar surface area (TPSA) is 76.2 Å². The molecule has 0 heterocycles. The number of ether oxygens (including phenoxy) is 1. The van der Waals surface area contributed by atoms with Crippen LogP contribution in [0.2, 0.25) is 0 Å². The van der Waals surface area contributed by atoms with Gasteiger partial charge in [0.1, 0.15) is 0 Å². The van der Waals surface area contributed by atoms with Gasteiger partial charge in [-0.25, -0.2) is 0 Å². The van der Waals surface area contributed by atoms with Gasteiger partial charge in [-0.05, 0) is 25.8 Å². The molecule has 94 valence electrons. The quantitative estimate of drug-likeness (QED) is 0.591. The molecule has 0 unspecified atom stereocenters. The number of nitrogens with zero attached hydrogens (tertiary/aromatic N) is 2. The second-order valence-electron chi connectivity index (χ2n) is 4.80. The van der Waals surface area contributed by atoms with E-state index in [1.807, 2.05) is 0 Å². The number of para-hydroxylation sites is 1. The lowest BCUT2D eigenvalue weighted by atomic mass is 10.1. The van der Waals surface area contributed by atoms with Gasteiger partial charge in [-0.1, -0.05) is 12.1 Å². The van der Waals surface area contributed by atoms with Crippen molar-refractivity contribution in [2.45, 2.75) is 26.2 Å². The van der Waals surface area contributed by atoms with Crippen molar-refractivity contribution in [3.8, 4) is 11.8 Å². The van der Waals surface area contributed by atoms with Crippen LogP contribution >= 0.6 is 0 Å². The molecular weight excluding hydrogens is 232 g/mol. The van der Waals surface area contributed by atoms with E-state index in [0.29, 0.717) is 24.3 Å². The maximum Gasteiger partial charge on any atom is 0.313 e. The van der Waals surface area contributed by atoms with E-state index in [4.69, 9.17) is 10.00 Å². The molecule has 0 aliphatic heterocycles. The number of rotatable bonds is 5. The third-order valence-corrected chi connectivity index (χ3v) is 3.33. The van der Waals surface area contributed by atoms with E-state index in [2.05, 4.69) is 6.07 Å². The predicted molar refractivity (Wildman–Crippen MR) is 65.2 cm³/mol. The zero-order valence-corrected chi connectivity index (χ0v) is 10.2. The number of hydrogen-bond donors (Lipinski definition) is 0. The molecule has 5 heteroatoms. The van der Waals surface area contributed by atoms with Crippen LogP contribution in [0.15, 0.2) is 18.2 Å². The second kappa shape index (κ2) is 4.65.